The Balaban J connectivity index is 1.43. The first-order chi connectivity index (χ1) is 13.5. The molecule has 7 heteroatoms. The lowest BCUT2D eigenvalue weighted by Gasteiger charge is -2.11. The molecule has 0 saturated carbocycles. The SMILES string of the molecule is Cc1ccc(OCC(=O)NNC(=O)COc2ccc3ccccc3c2Br)cc1. The fraction of sp³-hybridized carbons (Fsp3) is 0.143. The highest BCUT2D eigenvalue weighted by atomic mass is 79.9. The molecule has 0 atom stereocenters. The summed E-state index contributed by atoms with van der Waals surface area (Å²) in [6, 6.07) is 18.9. The summed E-state index contributed by atoms with van der Waals surface area (Å²) >= 11 is 3.50. The molecule has 0 spiro atoms. The maximum atomic E-state index is 11.9. The van der Waals surface area contributed by atoms with Crippen molar-refractivity contribution in [3.8, 4) is 11.5 Å². The van der Waals surface area contributed by atoms with Gasteiger partial charge >= 0.3 is 0 Å². The van der Waals surface area contributed by atoms with E-state index in [2.05, 4.69) is 26.8 Å². The van der Waals surface area contributed by atoms with Crippen molar-refractivity contribution in [2.45, 2.75) is 6.92 Å². The first-order valence-electron chi connectivity index (χ1n) is 8.60. The zero-order valence-corrected chi connectivity index (χ0v) is 16.8. The summed E-state index contributed by atoms with van der Waals surface area (Å²) in [6.45, 7) is 1.51. The predicted molar refractivity (Wildman–Crippen MR) is 110 cm³/mol. The van der Waals surface area contributed by atoms with Gasteiger partial charge in [0.2, 0.25) is 0 Å². The van der Waals surface area contributed by atoms with Gasteiger partial charge in [0, 0.05) is 0 Å². The average Bonchev–Trinajstić information content (AvgIpc) is 2.71. The van der Waals surface area contributed by atoms with E-state index in [4.69, 9.17) is 9.47 Å². The Bertz CT molecular complexity index is 989. The molecular formula is C21H19BrN2O4. The molecule has 0 aliphatic heterocycles. The van der Waals surface area contributed by atoms with Crippen LogP contribution in [0.1, 0.15) is 5.56 Å². The standard InChI is InChI=1S/C21H19BrN2O4/c1-14-6-9-16(10-7-14)27-12-19(25)23-24-20(26)13-28-18-11-8-15-4-2-3-5-17(15)21(18)22/h2-11H,12-13H2,1H3,(H,23,25)(H,24,26). The van der Waals surface area contributed by atoms with Crippen LogP contribution in [0.2, 0.25) is 0 Å². The van der Waals surface area contributed by atoms with E-state index in [0.717, 1.165) is 20.8 Å². The summed E-state index contributed by atoms with van der Waals surface area (Å²) in [5.74, 6) is 0.170. The molecule has 2 N–H and O–H groups in total. The molecule has 0 heterocycles. The van der Waals surface area contributed by atoms with Gasteiger partial charge in [0.25, 0.3) is 11.8 Å². The van der Waals surface area contributed by atoms with E-state index in [1.165, 1.54) is 0 Å². The monoisotopic (exact) mass is 442 g/mol. The lowest BCUT2D eigenvalue weighted by atomic mass is 10.1. The summed E-state index contributed by atoms with van der Waals surface area (Å²) in [6.07, 6.45) is 0. The third kappa shape index (κ3) is 5.23. The van der Waals surface area contributed by atoms with E-state index in [0.29, 0.717) is 11.5 Å². The van der Waals surface area contributed by atoms with Crippen molar-refractivity contribution in [3.63, 3.8) is 0 Å². The van der Waals surface area contributed by atoms with Gasteiger partial charge in [-0.3, -0.25) is 20.4 Å². The number of carbonyl (C=O) groups is 2. The van der Waals surface area contributed by atoms with Crippen LogP contribution >= 0.6 is 15.9 Å². The number of benzene rings is 3. The van der Waals surface area contributed by atoms with Crippen molar-refractivity contribution in [1.29, 1.82) is 0 Å². The molecule has 0 fully saturated rings. The number of hydrogen-bond acceptors (Lipinski definition) is 4. The summed E-state index contributed by atoms with van der Waals surface area (Å²) in [5.41, 5.74) is 5.68. The quantitative estimate of drug-likeness (QED) is 0.572. The van der Waals surface area contributed by atoms with E-state index in [9.17, 15) is 9.59 Å². The smallest absolute Gasteiger partial charge is 0.276 e. The maximum absolute atomic E-state index is 11.9. The second-order valence-electron chi connectivity index (χ2n) is 6.09. The molecule has 3 rings (SSSR count). The zero-order chi connectivity index (χ0) is 19.9. The van der Waals surface area contributed by atoms with Gasteiger partial charge in [-0.1, -0.05) is 48.0 Å². The average molecular weight is 443 g/mol. The zero-order valence-electron chi connectivity index (χ0n) is 15.2. The number of aryl methyl sites for hydroxylation is 1. The summed E-state index contributed by atoms with van der Waals surface area (Å²) in [7, 11) is 0. The van der Waals surface area contributed by atoms with E-state index in [1.807, 2.05) is 49.4 Å². The van der Waals surface area contributed by atoms with Gasteiger partial charge in [-0.2, -0.15) is 0 Å². The van der Waals surface area contributed by atoms with Gasteiger partial charge in [0.1, 0.15) is 11.5 Å². The predicted octanol–water partition coefficient (Wildman–Crippen LogP) is 3.52. The van der Waals surface area contributed by atoms with Gasteiger partial charge in [0.05, 0.1) is 4.47 Å². The number of halogens is 1. The van der Waals surface area contributed by atoms with Crippen LogP contribution in [0.5, 0.6) is 11.5 Å². The lowest BCUT2D eigenvalue weighted by Crippen LogP contribution is -2.45. The number of amides is 2. The number of ether oxygens (including phenoxy) is 2. The van der Waals surface area contributed by atoms with Crippen molar-refractivity contribution in [2.75, 3.05) is 13.2 Å². The molecule has 3 aromatic rings. The number of carbonyl (C=O) groups excluding carboxylic acids is 2. The fourth-order valence-corrected chi connectivity index (χ4v) is 3.07. The second-order valence-corrected chi connectivity index (χ2v) is 6.88. The van der Waals surface area contributed by atoms with Gasteiger partial charge < -0.3 is 9.47 Å². The van der Waals surface area contributed by atoms with Crippen molar-refractivity contribution in [3.05, 3.63) is 70.7 Å². The summed E-state index contributed by atoms with van der Waals surface area (Å²) in [4.78, 5) is 23.7. The minimum absolute atomic E-state index is 0.208. The Morgan fingerprint density at radius 3 is 2.21 bits per heavy atom. The van der Waals surface area contributed by atoms with Crippen LogP contribution in [0, 0.1) is 6.92 Å². The number of fused-ring (bicyclic) bond motifs is 1. The van der Waals surface area contributed by atoms with Crippen molar-refractivity contribution >= 4 is 38.5 Å². The highest BCUT2D eigenvalue weighted by molar-refractivity contribution is 9.10. The highest BCUT2D eigenvalue weighted by Crippen LogP contribution is 2.32. The molecule has 6 nitrogen and oxygen atoms in total. The van der Waals surface area contributed by atoms with Crippen LogP contribution in [-0.2, 0) is 9.59 Å². The molecule has 0 aromatic heterocycles. The molecule has 28 heavy (non-hydrogen) atoms. The van der Waals surface area contributed by atoms with Crippen LogP contribution in [0.15, 0.2) is 65.1 Å². The van der Waals surface area contributed by atoms with Gasteiger partial charge in [-0.25, -0.2) is 0 Å². The molecule has 0 aliphatic rings. The number of rotatable bonds is 6. The molecular weight excluding hydrogens is 424 g/mol. The Labute approximate surface area is 170 Å². The molecule has 0 saturated heterocycles. The van der Waals surface area contributed by atoms with Crippen molar-refractivity contribution in [1.82, 2.24) is 10.9 Å². The number of nitrogens with one attached hydrogen (secondary N) is 2. The van der Waals surface area contributed by atoms with Crippen LogP contribution in [0.25, 0.3) is 10.8 Å². The van der Waals surface area contributed by atoms with E-state index in [-0.39, 0.29) is 13.2 Å². The molecule has 3 aromatic carbocycles. The molecule has 0 unspecified atom stereocenters. The minimum Gasteiger partial charge on any atom is -0.484 e. The molecule has 0 radical (unpaired) electrons. The maximum Gasteiger partial charge on any atom is 0.276 e. The first kappa shape index (κ1) is 19.7. The summed E-state index contributed by atoms with van der Waals surface area (Å²) < 4.78 is 11.7. The summed E-state index contributed by atoms with van der Waals surface area (Å²) in [5, 5.41) is 2.05. The molecule has 2 amide bonds. The van der Waals surface area contributed by atoms with Crippen LogP contribution in [-0.4, -0.2) is 25.0 Å². The van der Waals surface area contributed by atoms with Crippen LogP contribution in [0.4, 0.5) is 0 Å². The first-order valence-corrected chi connectivity index (χ1v) is 9.39. The van der Waals surface area contributed by atoms with Crippen LogP contribution < -0.4 is 20.3 Å². The van der Waals surface area contributed by atoms with E-state index < -0.39 is 11.8 Å². The number of hydrogen-bond donors (Lipinski definition) is 2. The van der Waals surface area contributed by atoms with Crippen molar-refractivity contribution < 1.29 is 19.1 Å². The van der Waals surface area contributed by atoms with Gasteiger partial charge in [0.15, 0.2) is 13.2 Å². The Morgan fingerprint density at radius 1 is 0.857 bits per heavy atom. The third-order valence-corrected chi connectivity index (χ3v) is 4.74. The fourth-order valence-electron chi connectivity index (χ4n) is 2.46. The van der Waals surface area contributed by atoms with E-state index in [1.54, 1.807) is 18.2 Å². The topological polar surface area (TPSA) is 76.7 Å². The minimum atomic E-state index is -0.483. The Morgan fingerprint density at radius 2 is 1.50 bits per heavy atom. The largest absolute Gasteiger partial charge is 0.484 e. The second kappa shape index (κ2) is 9.23. The number of hydrazine groups is 1. The lowest BCUT2D eigenvalue weighted by molar-refractivity contribution is -0.131. The third-order valence-electron chi connectivity index (χ3n) is 3.92. The molecule has 144 valence electrons. The highest BCUT2D eigenvalue weighted by Gasteiger charge is 2.10. The Kier molecular flexibility index (Phi) is 6.49. The molecule has 0 bridgehead atoms. The van der Waals surface area contributed by atoms with Crippen molar-refractivity contribution in [2.24, 2.45) is 0 Å². The Hall–Kier alpha value is -3.06. The van der Waals surface area contributed by atoms with Gasteiger partial charge in [-0.05, 0) is 51.8 Å². The van der Waals surface area contributed by atoms with Gasteiger partial charge in [-0.15, -0.1) is 0 Å². The van der Waals surface area contributed by atoms with E-state index >= 15 is 0 Å². The molecule has 0 aliphatic carbocycles. The normalized spacial score (nSPS) is 10.4. The van der Waals surface area contributed by atoms with Crippen LogP contribution in [0.3, 0.4) is 0 Å².